The van der Waals surface area contributed by atoms with E-state index in [1.54, 1.807) is 0 Å². The molecule has 0 bridgehead atoms. The van der Waals surface area contributed by atoms with E-state index < -0.39 is 6.10 Å². The van der Waals surface area contributed by atoms with Gasteiger partial charge in [0, 0.05) is 5.56 Å². The third-order valence-electron chi connectivity index (χ3n) is 5.00. The third kappa shape index (κ3) is 2.57. The van der Waals surface area contributed by atoms with Crippen molar-refractivity contribution in [2.24, 2.45) is 11.8 Å². The van der Waals surface area contributed by atoms with E-state index in [0.717, 1.165) is 36.2 Å². The molecule has 3 rings (SSSR count). The second kappa shape index (κ2) is 5.74. The second-order valence-corrected chi connectivity index (χ2v) is 6.48. The lowest BCUT2D eigenvalue weighted by Gasteiger charge is -2.42. The zero-order valence-corrected chi connectivity index (χ0v) is 12.5. The number of nitrogens with zero attached hydrogens (tertiary/aromatic N) is 1. The number of benzene rings is 1. The van der Waals surface area contributed by atoms with Crippen molar-refractivity contribution in [3.8, 4) is 5.75 Å². The monoisotopic (exact) mass is 275 g/mol. The fourth-order valence-corrected chi connectivity index (χ4v) is 3.55. The topological polar surface area (TPSA) is 32.7 Å². The smallest absolute Gasteiger partial charge is 0.125 e. The second-order valence-electron chi connectivity index (χ2n) is 6.48. The quantitative estimate of drug-likeness (QED) is 0.901. The van der Waals surface area contributed by atoms with E-state index >= 15 is 0 Å². The maximum Gasteiger partial charge on any atom is 0.125 e. The van der Waals surface area contributed by atoms with Crippen LogP contribution in [0.25, 0.3) is 0 Å². The van der Waals surface area contributed by atoms with Crippen molar-refractivity contribution in [1.29, 1.82) is 0 Å². The molecule has 0 radical (unpaired) electrons. The Hall–Kier alpha value is -1.06. The highest BCUT2D eigenvalue weighted by Crippen LogP contribution is 2.36. The number of hydrogen-bond acceptors (Lipinski definition) is 3. The normalized spacial score (nSPS) is 28.2. The summed E-state index contributed by atoms with van der Waals surface area (Å²) >= 11 is 0. The molecule has 0 spiro atoms. The van der Waals surface area contributed by atoms with Crippen LogP contribution >= 0.6 is 0 Å². The molecular formula is C17H25NO2. The van der Waals surface area contributed by atoms with E-state index in [0.29, 0.717) is 6.61 Å². The molecule has 2 unspecified atom stereocenters. The highest BCUT2D eigenvalue weighted by molar-refractivity contribution is 5.37. The van der Waals surface area contributed by atoms with Crippen LogP contribution in [0.4, 0.5) is 0 Å². The van der Waals surface area contributed by atoms with Crippen LogP contribution in [0, 0.1) is 11.8 Å². The minimum Gasteiger partial charge on any atom is -0.491 e. The summed E-state index contributed by atoms with van der Waals surface area (Å²) in [5.74, 6) is 2.44. The van der Waals surface area contributed by atoms with Crippen LogP contribution in [-0.2, 0) is 0 Å². The molecule has 20 heavy (non-hydrogen) atoms. The van der Waals surface area contributed by atoms with Gasteiger partial charge in [0.1, 0.15) is 18.5 Å². The Morgan fingerprint density at radius 3 is 2.60 bits per heavy atom. The average molecular weight is 275 g/mol. The maximum atomic E-state index is 10.6. The first-order valence-electron chi connectivity index (χ1n) is 7.80. The predicted molar refractivity (Wildman–Crippen MR) is 79.8 cm³/mol. The fourth-order valence-electron chi connectivity index (χ4n) is 3.55. The first kappa shape index (κ1) is 13.9. The van der Waals surface area contributed by atoms with Crippen LogP contribution in [0.2, 0.25) is 0 Å². The maximum absolute atomic E-state index is 10.6. The summed E-state index contributed by atoms with van der Waals surface area (Å²) in [5, 5.41) is 10.6. The summed E-state index contributed by atoms with van der Waals surface area (Å²) in [6.07, 6.45) is 2.06. The molecule has 1 N–H and O–H groups in total. The van der Waals surface area contributed by atoms with Crippen molar-refractivity contribution in [2.75, 3.05) is 19.7 Å². The molecule has 0 saturated carbocycles. The van der Waals surface area contributed by atoms with Gasteiger partial charge in [0.05, 0.1) is 6.04 Å². The van der Waals surface area contributed by atoms with Crippen molar-refractivity contribution >= 4 is 0 Å². The summed E-state index contributed by atoms with van der Waals surface area (Å²) in [7, 11) is 0. The molecule has 1 fully saturated rings. The summed E-state index contributed by atoms with van der Waals surface area (Å²) in [5.41, 5.74) is 0.940. The highest BCUT2D eigenvalue weighted by atomic mass is 16.5. The van der Waals surface area contributed by atoms with E-state index in [-0.39, 0.29) is 6.04 Å². The molecule has 1 saturated heterocycles. The third-order valence-corrected chi connectivity index (χ3v) is 5.00. The number of ether oxygens (including phenoxy) is 1. The van der Waals surface area contributed by atoms with Crippen LogP contribution in [0.3, 0.4) is 0 Å². The molecule has 1 aromatic rings. The summed E-state index contributed by atoms with van der Waals surface area (Å²) in [4.78, 5) is 2.42. The van der Waals surface area contributed by atoms with E-state index in [9.17, 15) is 5.11 Å². The number of likely N-dealkylation sites (tertiary alicyclic amines) is 1. The molecular weight excluding hydrogens is 250 g/mol. The highest BCUT2D eigenvalue weighted by Gasteiger charge is 2.35. The van der Waals surface area contributed by atoms with Gasteiger partial charge in [-0.25, -0.2) is 0 Å². The van der Waals surface area contributed by atoms with Gasteiger partial charge in [-0.05, 0) is 43.8 Å². The molecule has 0 aromatic heterocycles. The molecule has 110 valence electrons. The summed E-state index contributed by atoms with van der Waals surface area (Å²) in [6, 6.07) is 7.96. The Bertz CT molecular complexity index is 452. The minimum atomic E-state index is -0.421. The molecule has 2 heterocycles. The lowest BCUT2D eigenvalue weighted by atomic mass is 9.85. The van der Waals surface area contributed by atoms with Crippen molar-refractivity contribution in [3.05, 3.63) is 29.8 Å². The standard InChI is InChI=1S/C17H25NO2/c1-12(2)13-7-9-18(10-8-13)15-11-20-16-6-4-3-5-14(16)17(15)19/h3-6,12-13,15,17,19H,7-11H2,1-2H3. The van der Waals surface area contributed by atoms with Gasteiger partial charge in [-0.2, -0.15) is 0 Å². The average Bonchev–Trinajstić information content (AvgIpc) is 2.48. The first-order valence-corrected chi connectivity index (χ1v) is 7.80. The van der Waals surface area contributed by atoms with Crippen molar-refractivity contribution in [3.63, 3.8) is 0 Å². The number of hydrogen-bond donors (Lipinski definition) is 1. The largest absolute Gasteiger partial charge is 0.491 e. The molecule has 2 atom stereocenters. The Balaban J connectivity index is 1.68. The van der Waals surface area contributed by atoms with Gasteiger partial charge in [-0.3, -0.25) is 4.90 Å². The fraction of sp³-hybridized carbons (Fsp3) is 0.647. The number of piperidine rings is 1. The van der Waals surface area contributed by atoms with Crippen LogP contribution in [0.1, 0.15) is 38.4 Å². The lowest BCUT2D eigenvalue weighted by molar-refractivity contribution is -0.0138. The summed E-state index contributed by atoms with van der Waals surface area (Å²) in [6.45, 7) is 7.39. The van der Waals surface area contributed by atoms with E-state index in [1.165, 1.54) is 12.8 Å². The Labute approximate surface area is 121 Å². The van der Waals surface area contributed by atoms with Crippen molar-refractivity contribution in [1.82, 2.24) is 4.90 Å². The van der Waals surface area contributed by atoms with Gasteiger partial charge in [0.25, 0.3) is 0 Å². The van der Waals surface area contributed by atoms with E-state index in [4.69, 9.17) is 4.74 Å². The van der Waals surface area contributed by atoms with Gasteiger partial charge in [-0.15, -0.1) is 0 Å². The number of rotatable bonds is 2. The Morgan fingerprint density at radius 1 is 1.20 bits per heavy atom. The minimum absolute atomic E-state index is 0.109. The Morgan fingerprint density at radius 2 is 1.90 bits per heavy atom. The Kier molecular flexibility index (Phi) is 3.99. The van der Waals surface area contributed by atoms with Gasteiger partial charge < -0.3 is 9.84 Å². The zero-order chi connectivity index (χ0) is 14.1. The molecule has 0 aliphatic carbocycles. The molecule has 3 nitrogen and oxygen atoms in total. The summed E-state index contributed by atoms with van der Waals surface area (Å²) < 4.78 is 5.83. The first-order chi connectivity index (χ1) is 9.66. The molecule has 2 aliphatic heterocycles. The molecule has 1 aromatic carbocycles. The van der Waals surface area contributed by atoms with E-state index in [1.807, 2.05) is 24.3 Å². The predicted octanol–water partition coefficient (Wildman–Crippen LogP) is 2.85. The SMILES string of the molecule is CC(C)C1CCN(C2COc3ccccc3C2O)CC1. The van der Waals surface area contributed by atoms with Gasteiger partial charge in [-0.1, -0.05) is 32.0 Å². The van der Waals surface area contributed by atoms with Crippen molar-refractivity contribution in [2.45, 2.75) is 38.8 Å². The number of fused-ring (bicyclic) bond motifs is 1. The lowest BCUT2D eigenvalue weighted by Crippen LogP contribution is -2.49. The van der Waals surface area contributed by atoms with Gasteiger partial charge >= 0.3 is 0 Å². The van der Waals surface area contributed by atoms with Crippen LogP contribution < -0.4 is 4.74 Å². The van der Waals surface area contributed by atoms with Gasteiger partial charge in [0.2, 0.25) is 0 Å². The zero-order valence-electron chi connectivity index (χ0n) is 12.5. The van der Waals surface area contributed by atoms with Crippen LogP contribution in [-0.4, -0.2) is 35.7 Å². The number of para-hydroxylation sites is 1. The van der Waals surface area contributed by atoms with E-state index in [2.05, 4.69) is 18.7 Å². The van der Waals surface area contributed by atoms with Crippen LogP contribution in [0.15, 0.2) is 24.3 Å². The number of aliphatic hydroxyl groups excluding tert-OH is 1. The molecule has 0 amide bonds. The van der Waals surface area contributed by atoms with Crippen molar-refractivity contribution < 1.29 is 9.84 Å². The van der Waals surface area contributed by atoms with Crippen LogP contribution in [0.5, 0.6) is 5.75 Å². The molecule has 3 heteroatoms. The van der Waals surface area contributed by atoms with Gasteiger partial charge in [0.15, 0.2) is 0 Å². The molecule has 2 aliphatic rings. The number of aliphatic hydroxyl groups is 1.